The Morgan fingerprint density at radius 3 is 2.58 bits per heavy atom. The lowest BCUT2D eigenvalue weighted by Gasteiger charge is -2.07. The van der Waals surface area contributed by atoms with E-state index in [0.29, 0.717) is 22.4 Å². The normalized spacial score (nSPS) is 10.7. The topological polar surface area (TPSA) is 79.8 Å². The van der Waals surface area contributed by atoms with Gasteiger partial charge in [0.2, 0.25) is 0 Å². The van der Waals surface area contributed by atoms with E-state index in [4.69, 9.17) is 4.74 Å². The molecule has 2 amide bonds. The standard InChI is InChI=1S/C23H19BrFN3O3/c1-15-5-7-16(8-6-15)14-31-19-4-2-3-17(11-19)13-26-28-23(30)22(29)27-21-10-9-18(24)12-20(21)25/h2-13H,14H2,1H3,(H,27,29)(H,28,30)/b26-13+. The first-order chi connectivity index (χ1) is 14.9. The van der Waals surface area contributed by atoms with Crippen molar-refractivity contribution in [1.29, 1.82) is 0 Å². The van der Waals surface area contributed by atoms with Crippen molar-refractivity contribution in [2.24, 2.45) is 5.10 Å². The van der Waals surface area contributed by atoms with Gasteiger partial charge in [0.1, 0.15) is 18.2 Å². The Balaban J connectivity index is 1.52. The molecule has 0 aliphatic carbocycles. The lowest BCUT2D eigenvalue weighted by molar-refractivity contribution is -0.136. The third-order valence-electron chi connectivity index (χ3n) is 4.15. The summed E-state index contributed by atoms with van der Waals surface area (Å²) in [5.74, 6) is -2.08. The molecule has 0 saturated carbocycles. The fourth-order valence-electron chi connectivity index (χ4n) is 2.52. The van der Waals surface area contributed by atoms with Gasteiger partial charge in [-0.2, -0.15) is 5.10 Å². The zero-order valence-corrected chi connectivity index (χ0v) is 18.1. The largest absolute Gasteiger partial charge is 0.489 e. The maximum absolute atomic E-state index is 13.8. The quantitative estimate of drug-likeness (QED) is 0.306. The van der Waals surface area contributed by atoms with Crippen LogP contribution in [0, 0.1) is 12.7 Å². The van der Waals surface area contributed by atoms with Gasteiger partial charge in [0.05, 0.1) is 11.9 Å². The van der Waals surface area contributed by atoms with E-state index in [1.165, 1.54) is 23.9 Å². The number of anilines is 1. The molecule has 158 valence electrons. The van der Waals surface area contributed by atoms with Crippen LogP contribution in [-0.2, 0) is 16.2 Å². The van der Waals surface area contributed by atoms with Crippen molar-refractivity contribution in [2.75, 3.05) is 5.32 Å². The molecule has 0 radical (unpaired) electrons. The summed E-state index contributed by atoms with van der Waals surface area (Å²) in [6, 6.07) is 19.2. The fraction of sp³-hybridized carbons (Fsp3) is 0.0870. The van der Waals surface area contributed by atoms with E-state index in [1.807, 2.05) is 37.3 Å². The van der Waals surface area contributed by atoms with Gasteiger partial charge in [-0.1, -0.05) is 57.9 Å². The summed E-state index contributed by atoms with van der Waals surface area (Å²) in [5, 5.41) is 5.96. The van der Waals surface area contributed by atoms with Crippen molar-refractivity contribution in [1.82, 2.24) is 5.43 Å². The van der Waals surface area contributed by atoms with Crippen LogP contribution >= 0.6 is 15.9 Å². The van der Waals surface area contributed by atoms with Crippen LogP contribution in [0.3, 0.4) is 0 Å². The van der Waals surface area contributed by atoms with Crippen LogP contribution in [0.25, 0.3) is 0 Å². The predicted octanol–water partition coefficient (Wildman–Crippen LogP) is 4.56. The number of nitrogens with zero attached hydrogens (tertiary/aromatic N) is 1. The average molecular weight is 484 g/mol. The molecular formula is C23H19BrFN3O3. The van der Waals surface area contributed by atoms with Crippen molar-refractivity contribution < 1.29 is 18.7 Å². The Kier molecular flexibility index (Phi) is 7.50. The third kappa shape index (κ3) is 6.75. The molecule has 0 atom stereocenters. The zero-order chi connectivity index (χ0) is 22.2. The lowest BCUT2D eigenvalue weighted by atomic mass is 10.2. The number of hydrazone groups is 1. The molecule has 0 aliphatic rings. The van der Waals surface area contributed by atoms with Gasteiger partial charge in [0, 0.05) is 4.47 Å². The summed E-state index contributed by atoms with van der Waals surface area (Å²) < 4.78 is 20.0. The molecule has 0 fully saturated rings. The van der Waals surface area contributed by atoms with Crippen molar-refractivity contribution >= 4 is 39.6 Å². The molecule has 0 unspecified atom stereocenters. The van der Waals surface area contributed by atoms with Crippen molar-refractivity contribution in [3.05, 3.63) is 93.7 Å². The first kappa shape index (κ1) is 22.2. The van der Waals surface area contributed by atoms with Gasteiger partial charge in [0.25, 0.3) is 0 Å². The number of hydrogen-bond donors (Lipinski definition) is 2. The summed E-state index contributed by atoms with van der Waals surface area (Å²) in [6.07, 6.45) is 1.38. The number of carbonyl (C=O) groups is 2. The average Bonchev–Trinajstić information content (AvgIpc) is 2.75. The van der Waals surface area contributed by atoms with Crippen molar-refractivity contribution in [2.45, 2.75) is 13.5 Å². The van der Waals surface area contributed by atoms with E-state index in [-0.39, 0.29) is 5.69 Å². The van der Waals surface area contributed by atoms with E-state index in [0.717, 1.165) is 5.56 Å². The molecule has 0 aliphatic heterocycles. The highest BCUT2D eigenvalue weighted by molar-refractivity contribution is 9.10. The van der Waals surface area contributed by atoms with Gasteiger partial charge in [-0.05, 0) is 48.4 Å². The predicted molar refractivity (Wildman–Crippen MR) is 120 cm³/mol. The Bertz CT molecular complexity index is 1120. The maximum atomic E-state index is 13.8. The van der Waals surface area contributed by atoms with Crippen molar-refractivity contribution in [3.63, 3.8) is 0 Å². The van der Waals surface area contributed by atoms with Crippen LogP contribution in [0.1, 0.15) is 16.7 Å². The smallest absolute Gasteiger partial charge is 0.329 e. The van der Waals surface area contributed by atoms with Gasteiger partial charge in [-0.25, -0.2) is 9.82 Å². The van der Waals surface area contributed by atoms with Crippen LogP contribution in [0.4, 0.5) is 10.1 Å². The number of nitrogens with one attached hydrogen (secondary N) is 2. The Morgan fingerprint density at radius 1 is 1.06 bits per heavy atom. The highest BCUT2D eigenvalue weighted by atomic mass is 79.9. The molecular weight excluding hydrogens is 465 g/mol. The highest BCUT2D eigenvalue weighted by Gasteiger charge is 2.15. The summed E-state index contributed by atoms with van der Waals surface area (Å²) in [7, 11) is 0. The highest BCUT2D eigenvalue weighted by Crippen LogP contribution is 2.19. The fourth-order valence-corrected chi connectivity index (χ4v) is 2.85. The molecule has 8 heteroatoms. The summed E-state index contributed by atoms with van der Waals surface area (Å²) in [4.78, 5) is 23.8. The molecule has 0 heterocycles. The number of rotatable bonds is 6. The Hall–Kier alpha value is -3.52. The van der Waals surface area contributed by atoms with E-state index < -0.39 is 17.6 Å². The van der Waals surface area contributed by atoms with Crippen LogP contribution < -0.4 is 15.5 Å². The molecule has 6 nitrogen and oxygen atoms in total. The SMILES string of the molecule is Cc1ccc(COc2cccc(/C=N/NC(=O)C(=O)Nc3ccc(Br)cc3F)c2)cc1. The lowest BCUT2D eigenvalue weighted by Crippen LogP contribution is -2.32. The number of amides is 2. The molecule has 2 N–H and O–H groups in total. The molecule has 0 saturated heterocycles. The summed E-state index contributed by atoms with van der Waals surface area (Å²) in [6.45, 7) is 2.44. The molecule has 0 aromatic heterocycles. The summed E-state index contributed by atoms with van der Waals surface area (Å²) in [5.41, 5.74) is 4.90. The van der Waals surface area contributed by atoms with E-state index in [2.05, 4.69) is 31.8 Å². The van der Waals surface area contributed by atoms with Gasteiger partial charge >= 0.3 is 11.8 Å². The molecule has 3 rings (SSSR count). The van der Waals surface area contributed by atoms with Gasteiger partial charge < -0.3 is 10.1 Å². The molecule has 3 aromatic rings. The second-order valence-electron chi connectivity index (χ2n) is 6.62. The number of carbonyl (C=O) groups excluding carboxylic acids is 2. The first-order valence-electron chi connectivity index (χ1n) is 9.28. The first-order valence-corrected chi connectivity index (χ1v) is 10.1. The minimum absolute atomic E-state index is 0.106. The van der Waals surface area contributed by atoms with E-state index in [1.54, 1.807) is 24.3 Å². The van der Waals surface area contributed by atoms with Crippen LogP contribution in [-0.4, -0.2) is 18.0 Å². The Morgan fingerprint density at radius 2 is 1.84 bits per heavy atom. The summed E-state index contributed by atoms with van der Waals surface area (Å²) >= 11 is 3.12. The molecule has 31 heavy (non-hydrogen) atoms. The van der Waals surface area contributed by atoms with Gasteiger partial charge in [-0.15, -0.1) is 0 Å². The molecule has 0 spiro atoms. The maximum Gasteiger partial charge on any atom is 0.329 e. The number of halogens is 2. The zero-order valence-electron chi connectivity index (χ0n) is 16.6. The van der Waals surface area contributed by atoms with Crippen LogP contribution in [0.15, 0.2) is 76.3 Å². The Labute approximate surface area is 187 Å². The number of ether oxygens (including phenoxy) is 1. The number of hydrogen-bond acceptors (Lipinski definition) is 4. The van der Waals surface area contributed by atoms with Gasteiger partial charge in [-0.3, -0.25) is 9.59 Å². The van der Waals surface area contributed by atoms with E-state index >= 15 is 0 Å². The molecule has 3 aromatic carbocycles. The van der Waals surface area contributed by atoms with Gasteiger partial charge in [0.15, 0.2) is 0 Å². The second kappa shape index (κ2) is 10.5. The third-order valence-corrected chi connectivity index (χ3v) is 4.64. The van der Waals surface area contributed by atoms with Crippen LogP contribution in [0.5, 0.6) is 5.75 Å². The molecule has 0 bridgehead atoms. The minimum Gasteiger partial charge on any atom is -0.489 e. The van der Waals surface area contributed by atoms with E-state index in [9.17, 15) is 14.0 Å². The number of benzene rings is 3. The number of aryl methyl sites for hydroxylation is 1. The second-order valence-corrected chi connectivity index (χ2v) is 7.54. The minimum atomic E-state index is -1.03. The monoisotopic (exact) mass is 483 g/mol. The van der Waals surface area contributed by atoms with Crippen molar-refractivity contribution in [3.8, 4) is 5.75 Å². The van der Waals surface area contributed by atoms with Crippen LogP contribution in [0.2, 0.25) is 0 Å².